The Hall–Kier alpha value is -2.99. The van der Waals surface area contributed by atoms with Gasteiger partial charge in [-0.05, 0) is 38.1 Å². The standard InChI is InChI=1S/C21H20N4OS/c1-11-5-6-15(10-22-11)17-8-7-16(13(3)25-17)18-14(4)27-20-19(18)23-9-12(2)24-21(20)26/h5-8,10,12,23H,3-4,9H2,1-2H3,(H,24,26)/b18-16+/t12-/m1/s1. The third-order valence-corrected chi connectivity index (χ3v) is 5.64. The van der Waals surface area contributed by atoms with Gasteiger partial charge in [0.1, 0.15) is 4.88 Å². The Balaban J connectivity index is 1.95. The van der Waals surface area contributed by atoms with E-state index in [9.17, 15) is 4.79 Å². The van der Waals surface area contributed by atoms with Gasteiger partial charge in [-0.3, -0.25) is 9.78 Å². The fraction of sp³-hybridized carbons (Fsp3) is 0.190. The van der Waals surface area contributed by atoms with Crippen LogP contribution in [-0.2, 0) is 0 Å². The first-order valence-electron chi connectivity index (χ1n) is 8.74. The van der Waals surface area contributed by atoms with Crippen molar-refractivity contribution in [1.82, 2.24) is 15.3 Å². The van der Waals surface area contributed by atoms with Crippen LogP contribution in [0.2, 0.25) is 0 Å². The molecule has 0 bridgehead atoms. The van der Waals surface area contributed by atoms with E-state index in [1.165, 1.54) is 11.3 Å². The van der Waals surface area contributed by atoms with Crippen LogP contribution >= 0.6 is 11.3 Å². The lowest BCUT2D eigenvalue weighted by atomic mass is 10.1. The quantitative estimate of drug-likeness (QED) is 0.683. The number of thiophene rings is 1. The molecule has 0 saturated carbocycles. The maximum Gasteiger partial charge on any atom is 0.263 e. The number of hydrogen-bond acceptors (Lipinski definition) is 5. The van der Waals surface area contributed by atoms with Crippen LogP contribution in [0.3, 0.4) is 0 Å². The maximum absolute atomic E-state index is 12.5. The smallest absolute Gasteiger partial charge is 0.263 e. The van der Waals surface area contributed by atoms with Crippen molar-refractivity contribution < 1.29 is 4.79 Å². The molecule has 1 atom stereocenters. The van der Waals surface area contributed by atoms with Crippen LogP contribution in [0.1, 0.15) is 22.3 Å². The van der Waals surface area contributed by atoms with E-state index < -0.39 is 0 Å². The highest BCUT2D eigenvalue weighted by molar-refractivity contribution is 7.12. The van der Waals surface area contributed by atoms with Crippen LogP contribution in [0.15, 0.2) is 30.5 Å². The molecule has 0 saturated heterocycles. The van der Waals surface area contributed by atoms with Gasteiger partial charge in [-0.2, -0.15) is 0 Å². The minimum Gasteiger partial charge on any atom is -0.381 e. The van der Waals surface area contributed by atoms with E-state index in [0.717, 1.165) is 37.6 Å². The van der Waals surface area contributed by atoms with Gasteiger partial charge < -0.3 is 10.6 Å². The Morgan fingerprint density at radius 2 is 2.04 bits per heavy atom. The molecule has 0 unspecified atom stereocenters. The van der Waals surface area contributed by atoms with Crippen molar-refractivity contribution in [1.29, 1.82) is 0 Å². The maximum atomic E-state index is 12.5. The molecule has 1 aliphatic rings. The summed E-state index contributed by atoms with van der Waals surface area (Å²) in [6, 6.07) is 7.98. The first kappa shape index (κ1) is 17.4. The predicted molar refractivity (Wildman–Crippen MR) is 110 cm³/mol. The Kier molecular flexibility index (Phi) is 4.28. The topological polar surface area (TPSA) is 66.9 Å². The summed E-state index contributed by atoms with van der Waals surface area (Å²) >= 11 is 1.39. The van der Waals surface area contributed by atoms with Crippen molar-refractivity contribution in [3.8, 4) is 11.3 Å². The number of anilines is 1. The minimum absolute atomic E-state index is 0.0620. The number of nitrogens with zero attached hydrogens (tertiary/aromatic N) is 2. The van der Waals surface area contributed by atoms with E-state index >= 15 is 0 Å². The number of pyridine rings is 2. The second-order valence-electron chi connectivity index (χ2n) is 6.74. The van der Waals surface area contributed by atoms with E-state index in [4.69, 9.17) is 0 Å². The van der Waals surface area contributed by atoms with E-state index in [0.29, 0.717) is 16.8 Å². The number of hydrogen-bond donors (Lipinski definition) is 2. The summed E-state index contributed by atoms with van der Waals surface area (Å²) in [6.07, 6.45) is 1.81. The van der Waals surface area contributed by atoms with Gasteiger partial charge in [0.25, 0.3) is 5.91 Å². The van der Waals surface area contributed by atoms with Crippen molar-refractivity contribution in [2.24, 2.45) is 0 Å². The summed E-state index contributed by atoms with van der Waals surface area (Å²) in [7, 11) is 0. The van der Waals surface area contributed by atoms with Gasteiger partial charge in [0.2, 0.25) is 0 Å². The van der Waals surface area contributed by atoms with Crippen molar-refractivity contribution in [2.75, 3.05) is 11.9 Å². The molecule has 1 aliphatic heterocycles. The molecule has 0 radical (unpaired) electrons. The molecule has 0 spiro atoms. The zero-order valence-corrected chi connectivity index (χ0v) is 16.1. The van der Waals surface area contributed by atoms with Gasteiger partial charge in [0.15, 0.2) is 0 Å². The molecule has 3 aromatic rings. The molecule has 4 heterocycles. The summed E-state index contributed by atoms with van der Waals surface area (Å²) in [5.74, 6) is -0.0652. The van der Waals surface area contributed by atoms with Gasteiger partial charge in [0, 0.05) is 45.0 Å². The number of nitrogens with one attached hydrogen (secondary N) is 2. The molecular weight excluding hydrogens is 356 g/mol. The number of fused-ring (bicyclic) bond motifs is 1. The molecule has 5 nitrogen and oxygen atoms in total. The molecule has 4 rings (SSSR count). The Bertz CT molecular complexity index is 1230. The van der Waals surface area contributed by atoms with E-state index in [2.05, 4.69) is 33.8 Å². The zero-order chi connectivity index (χ0) is 19.1. The van der Waals surface area contributed by atoms with Gasteiger partial charge in [0.05, 0.1) is 16.7 Å². The molecule has 1 amide bonds. The van der Waals surface area contributed by atoms with Crippen LogP contribution in [0, 0.1) is 17.4 Å². The second kappa shape index (κ2) is 6.63. The highest BCUT2D eigenvalue weighted by atomic mass is 32.1. The lowest BCUT2D eigenvalue weighted by molar-refractivity contribution is 0.0949. The van der Waals surface area contributed by atoms with E-state index in [1.807, 2.05) is 44.3 Å². The van der Waals surface area contributed by atoms with Crippen LogP contribution in [0.4, 0.5) is 5.69 Å². The molecular formula is C21H20N4OS. The SMILES string of the molecule is C=c1nc(-c2ccc(C)nc2)cc/c1=c1\c2c(sc1=C)C(=O)N[C@H](C)CN2. The lowest BCUT2D eigenvalue weighted by Gasteiger charge is -2.08. The summed E-state index contributed by atoms with van der Waals surface area (Å²) in [6.45, 7) is 12.9. The van der Waals surface area contributed by atoms with Crippen molar-refractivity contribution >= 4 is 36.1 Å². The van der Waals surface area contributed by atoms with Gasteiger partial charge >= 0.3 is 0 Å². The normalized spacial score (nSPS) is 17.6. The molecule has 6 heteroatoms. The highest BCUT2D eigenvalue weighted by Crippen LogP contribution is 2.23. The van der Waals surface area contributed by atoms with Gasteiger partial charge in [-0.1, -0.05) is 13.2 Å². The zero-order valence-electron chi connectivity index (χ0n) is 15.3. The van der Waals surface area contributed by atoms with Crippen LogP contribution in [-0.4, -0.2) is 28.5 Å². The summed E-state index contributed by atoms with van der Waals surface area (Å²) < 4.78 is 0.827. The number of aryl methyl sites for hydroxylation is 1. The van der Waals surface area contributed by atoms with Gasteiger partial charge in [-0.25, -0.2) is 4.98 Å². The summed E-state index contributed by atoms with van der Waals surface area (Å²) in [5, 5.41) is 8.82. The Morgan fingerprint density at radius 3 is 2.74 bits per heavy atom. The van der Waals surface area contributed by atoms with Crippen LogP contribution in [0.25, 0.3) is 24.4 Å². The highest BCUT2D eigenvalue weighted by Gasteiger charge is 2.22. The first-order chi connectivity index (χ1) is 12.9. The van der Waals surface area contributed by atoms with Crippen molar-refractivity contribution in [2.45, 2.75) is 19.9 Å². The van der Waals surface area contributed by atoms with Crippen LogP contribution in [0.5, 0.6) is 0 Å². The first-order valence-corrected chi connectivity index (χ1v) is 9.55. The fourth-order valence-corrected chi connectivity index (χ4v) is 4.18. The van der Waals surface area contributed by atoms with Gasteiger partial charge in [-0.15, -0.1) is 11.3 Å². The van der Waals surface area contributed by atoms with E-state index in [1.54, 1.807) is 0 Å². The summed E-state index contributed by atoms with van der Waals surface area (Å²) in [4.78, 5) is 22.1. The number of amides is 1. The molecule has 0 aliphatic carbocycles. The molecule has 0 fully saturated rings. The average molecular weight is 376 g/mol. The van der Waals surface area contributed by atoms with Crippen molar-refractivity contribution in [3.63, 3.8) is 0 Å². The fourth-order valence-electron chi connectivity index (χ4n) is 3.20. The third-order valence-electron chi connectivity index (χ3n) is 4.60. The largest absolute Gasteiger partial charge is 0.381 e. The predicted octanol–water partition coefficient (Wildman–Crippen LogP) is 2.16. The number of rotatable bonds is 1. The lowest BCUT2D eigenvalue weighted by Crippen LogP contribution is -2.34. The minimum atomic E-state index is -0.0652. The molecule has 136 valence electrons. The molecule has 0 aromatic carbocycles. The number of aromatic nitrogens is 2. The van der Waals surface area contributed by atoms with Crippen LogP contribution < -0.4 is 20.5 Å². The third kappa shape index (κ3) is 3.13. The monoisotopic (exact) mass is 376 g/mol. The number of carbonyl (C=O) groups is 1. The number of carbonyl (C=O) groups excluding carboxylic acids is 1. The Morgan fingerprint density at radius 1 is 1.22 bits per heavy atom. The molecule has 2 N–H and O–H groups in total. The summed E-state index contributed by atoms with van der Waals surface area (Å²) in [5.41, 5.74) is 3.56. The second-order valence-corrected chi connectivity index (χ2v) is 7.84. The van der Waals surface area contributed by atoms with E-state index in [-0.39, 0.29) is 11.9 Å². The molecule has 3 aromatic heterocycles. The Labute approximate surface area is 160 Å². The average Bonchev–Trinajstić information content (AvgIpc) is 2.89. The molecule has 27 heavy (non-hydrogen) atoms. The van der Waals surface area contributed by atoms with Crippen molar-refractivity contribution in [3.05, 3.63) is 61.4 Å².